The number of hydrogen-bond donors (Lipinski definition) is 1. The second-order valence-corrected chi connectivity index (χ2v) is 4.79. The number of nitrogens with one attached hydrogen (secondary N) is 1. The van der Waals surface area contributed by atoms with E-state index in [2.05, 4.69) is 20.4 Å². The van der Waals surface area contributed by atoms with E-state index in [0.29, 0.717) is 12.3 Å². The van der Waals surface area contributed by atoms with Crippen LogP contribution in [-0.2, 0) is 11.8 Å². The van der Waals surface area contributed by atoms with Crippen molar-refractivity contribution in [1.82, 2.24) is 25.1 Å². The Labute approximate surface area is 109 Å². The molecule has 96 valence electrons. The Bertz CT molecular complexity index is 553. The molecule has 1 N–H and O–H groups in total. The monoisotopic (exact) mass is 265 g/mol. The summed E-state index contributed by atoms with van der Waals surface area (Å²) in [5, 5.41) is 8.64. The Balaban J connectivity index is 2.06. The molecule has 2 heterocycles. The van der Waals surface area contributed by atoms with E-state index in [1.165, 1.54) is 18.1 Å². The van der Waals surface area contributed by atoms with Crippen molar-refractivity contribution >= 4 is 28.7 Å². The van der Waals surface area contributed by atoms with E-state index in [0.717, 1.165) is 22.5 Å². The van der Waals surface area contributed by atoms with Crippen LogP contribution < -0.4 is 5.32 Å². The fraction of sp³-hybridized carbons (Fsp3) is 0.455. The summed E-state index contributed by atoms with van der Waals surface area (Å²) in [7, 11) is 1.83. The van der Waals surface area contributed by atoms with E-state index < -0.39 is 0 Å². The van der Waals surface area contributed by atoms with Gasteiger partial charge in [-0.2, -0.15) is 5.10 Å². The van der Waals surface area contributed by atoms with Crippen molar-refractivity contribution in [2.45, 2.75) is 18.4 Å². The quantitative estimate of drug-likeness (QED) is 0.644. The number of nitrogens with zero attached hydrogens (tertiary/aromatic N) is 4. The van der Waals surface area contributed by atoms with Gasteiger partial charge in [0.1, 0.15) is 11.4 Å². The van der Waals surface area contributed by atoms with Crippen molar-refractivity contribution in [1.29, 1.82) is 0 Å². The van der Waals surface area contributed by atoms with E-state index in [4.69, 9.17) is 0 Å². The first-order chi connectivity index (χ1) is 8.72. The lowest BCUT2D eigenvalue weighted by Gasteiger charge is -2.03. The van der Waals surface area contributed by atoms with Crippen LogP contribution >= 0.6 is 11.8 Å². The normalized spacial score (nSPS) is 10.8. The average molecular weight is 265 g/mol. The third kappa shape index (κ3) is 2.79. The standard InChI is InChI=1S/C11H15N5OS/c1-3-4-12-9(17)6-18-11-8-5-15-16(2)10(8)13-7-14-11/h5,7H,3-4,6H2,1-2H3,(H,12,17). The third-order valence-electron chi connectivity index (χ3n) is 2.41. The van der Waals surface area contributed by atoms with Crippen LogP contribution in [0.25, 0.3) is 11.0 Å². The van der Waals surface area contributed by atoms with Gasteiger partial charge in [0.25, 0.3) is 0 Å². The largest absolute Gasteiger partial charge is 0.355 e. The first kappa shape index (κ1) is 12.8. The number of fused-ring (bicyclic) bond motifs is 1. The summed E-state index contributed by atoms with van der Waals surface area (Å²) in [6.45, 7) is 2.74. The molecule has 0 spiro atoms. The Kier molecular flexibility index (Phi) is 4.14. The molecule has 6 nitrogen and oxygen atoms in total. The van der Waals surface area contributed by atoms with E-state index in [9.17, 15) is 4.79 Å². The number of aromatic nitrogens is 4. The minimum Gasteiger partial charge on any atom is -0.355 e. The number of thioether (sulfide) groups is 1. The van der Waals surface area contributed by atoms with E-state index in [1.54, 1.807) is 10.9 Å². The molecule has 0 aliphatic heterocycles. The van der Waals surface area contributed by atoms with Crippen molar-refractivity contribution in [3.63, 3.8) is 0 Å². The predicted octanol–water partition coefficient (Wildman–Crippen LogP) is 0.982. The van der Waals surface area contributed by atoms with E-state index in [1.807, 2.05) is 14.0 Å². The van der Waals surface area contributed by atoms with Gasteiger partial charge in [0, 0.05) is 13.6 Å². The van der Waals surface area contributed by atoms with Crippen molar-refractivity contribution in [3.8, 4) is 0 Å². The molecule has 0 saturated heterocycles. The van der Waals surface area contributed by atoms with Crippen LogP contribution in [0.4, 0.5) is 0 Å². The van der Waals surface area contributed by atoms with Gasteiger partial charge in [0.15, 0.2) is 5.65 Å². The van der Waals surface area contributed by atoms with Crippen molar-refractivity contribution < 1.29 is 4.79 Å². The van der Waals surface area contributed by atoms with Crippen LogP contribution in [0.2, 0.25) is 0 Å². The number of hydrogen-bond acceptors (Lipinski definition) is 5. The molecule has 0 atom stereocenters. The van der Waals surface area contributed by atoms with Crippen LogP contribution in [-0.4, -0.2) is 38.0 Å². The van der Waals surface area contributed by atoms with Gasteiger partial charge in [-0.05, 0) is 6.42 Å². The highest BCUT2D eigenvalue weighted by Gasteiger charge is 2.10. The number of amides is 1. The molecule has 18 heavy (non-hydrogen) atoms. The average Bonchev–Trinajstić information content (AvgIpc) is 2.76. The van der Waals surface area contributed by atoms with Crippen LogP contribution in [0.5, 0.6) is 0 Å². The molecule has 0 aliphatic carbocycles. The zero-order valence-corrected chi connectivity index (χ0v) is 11.2. The first-order valence-corrected chi connectivity index (χ1v) is 6.73. The van der Waals surface area contributed by atoms with Gasteiger partial charge in [-0.1, -0.05) is 18.7 Å². The molecule has 7 heteroatoms. The molecule has 0 fully saturated rings. The number of carbonyl (C=O) groups excluding carboxylic acids is 1. The Morgan fingerprint density at radius 3 is 3.11 bits per heavy atom. The SMILES string of the molecule is CCCNC(=O)CSc1ncnc2c1cnn2C. The zero-order chi connectivity index (χ0) is 13.0. The van der Waals surface area contributed by atoms with Crippen LogP contribution in [0, 0.1) is 0 Å². The van der Waals surface area contributed by atoms with Crippen molar-refractivity contribution in [3.05, 3.63) is 12.5 Å². The van der Waals surface area contributed by atoms with Gasteiger partial charge in [0.2, 0.25) is 5.91 Å². The number of aryl methyl sites for hydroxylation is 1. The summed E-state index contributed by atoms with van der Waals surface area (Å²) in [6, 6.07) is 0. The van der Waals surface area contributed by atoms with Gasteiger partial charge in [0.05, 0.1) is 17.3 Å². The van der Waals surface area contributed by atoms with Gasteiger partial charge < -0.3 is 5.32 Å². The van der Waals surface area contributed by atoms with Gasteiger partial charge >= 0.3 is 0 Å². The number of carbonyl (C=O) groups is 1. The Morgan fingerprint density at radius 2 is 2.33 bits per heavy atom. The Morgan fingerprint density at radius 1 is 1.50 bits per heavy atom. The molecule has 2 aromatic heterocycles. The molecular weight excluding hydrogens is 250 g/mol. The maximum atomic E-state index is 11.5. The Hall–Kier alpha value is -1.63. The van der Waals surface area contributed by atoms with Crippen LogP contribution in [0.15, 0.2) is 17.6 Å². The summed E-state index contributed by atoms with van der Waals surface area (Å²) in [4.78, 5) is 19.9. The van der Waals surface area contributed by atoms with Gasteiger partial charge in [-0.3, -0.25) is 9.48 Å². The topological polar surface area (TPSA) is 72.7 Å². The lowest BCUT2D eigenvalue weighted by molar-refractivity contribution is -0.118. The van der Waals surface area contributed by atoms with Crippen LogP contribution in [0.1, 0.15) is 13.3 Å². The maximum Gasteiger partial charge on any atom is 0.230 e. The van der Waals surface area contributed by atoms with Crippen molar-refractivity contribution in [2.75, 3.05) is 12.3 Å². The molecule has 0 saturated carbocycles. The summed E-state index contributed by atoms with van der Waals surface area (Å²) < 4.78 is 1.69. The maximum absolute atomic E-state index is 11.5. The third-order valence-corrected chi connectivity index (χ3v) is 3.41. The minimum atomic E-state index is 0.0255. The second kappa shape index (κ2) is 5.81. The molecule has 0 aliphatic rings. The molecule has 0 aromatic carbocycles. The molecule has 1 amide bonds. The first-order valence-electron chi connectivity index (χ1n) is 5.74. The second-order valence-electron chi connectivity index (χ2n) is 3.82. The minimum absolute atomic E-state index is 0.0255. The highest BCUT2D eigenvalue weighted by molar-refractivity contribution is 8.00. The molecule has 0 unspecified atom stereocenters. The molecule has 0 radical (unpaired) electrons. The summed E-state index contributed by atoms with van der Waals surface area (Å²) >= 11 is 1.41. The highest BCUT2D eigenvalue weighted by Crippen LogP contribution is 2.23. The fourth-order valence-corrected chi connectivity index (χ4v) is 2.30. The lowest BCUT2D eigenvalue weighted by Crippen LogP contribution is -2.25. The van der Waals surface area contributed by atoms with Crippen molar-refractivity contribution in [2.24, 2.45) is 7.05 Å². The fourth-order valence-electron chi connectivity index (χ4n) is 1.50. The van der Waals surface area contributed by atoms with Gasteiger partial charge in [-0.15, -0.1) is 0 Å². The molecule has 0 bridgehead atoms. The van der Waals surface area contributed by atoms with Crippen LogP contribution in [0.3, 0.4) is 0 Å². The smallest absolute Gasteiger partial charge is 0.230 e. The summed E-state index contributed by atoms with van der Waals surface area (Å²) in [5.74, 6) is 0.388. The van der Waals surface area contributed by atoms with E-state index in [-0.39, 0.29) is 5.91 Å². The molecule has 2 aromatic rings. The van der Waals surface area contributed by atoms with Gasteiger partial charge in [-0.25, -0.2) is 9.97 Å². The molecule has 2 rings (SSSR count). The predicted molar refractivity (Wildman–Crippen MR) is 70.3 cm³/mol. The molecular formula is C11H15N5OS. The van der Waals surface area contributed by atoms with E-state index >= 15 is 0 Å². The summed E-state index contributed by atoms with van der Waals surface area (Å²) in [6.07, 6.45) is 4.16. The number of rotatable bonds is 5. The highest BCUT2D eigenvalue weighted by atomic mass is 32.2. The lowest BCUT2D eigenvalue weighted by atomic mass is 10.4. The summed E-state index contributed by atoms with van der Waals surface area (Å²) in [5.41, 5.74) is 0.779. The zero-order valence-electron chi connectivity index (χ0n) is 10.4.